The summed E-state index contributed by atoms with van der Waals surface area (Å²) in [6.45, 7) is 0.860. The number of sulfonamides is 1. The second-order valence-corrected chi connectivity index (χ2v) is 10.1. The third-order valence-electron chi connectivity index (χ3n) is 5.15. The Morgan fingerprint density at radius 2 is 1.61 bits per heavy atom. The molecule has 0 aliphatic carbocycles. The Balaban J connectivity index is 1.86. The number of nitrogens with zero attached hydrogens (tertiary/aromatic N) is 2. The molecule has 0 radical (unpaired) electrons. The van der Waals surface area contributed by atoms with Crippen molar-refractivity contribution in [2.24, 2.45) is 5.10 Å². The Labute approximate surface area is 212 Å². The van der Waals surface area contributed by atoms with Gasteiger partial charge in [-0.05, 0) is 55.7 Å². The van der Waals surface area contributed by atoms with Gasteiger partial charge in [0.05, 0.1) is 21.2 Å². The Morgan fingerprint density at radius 3 is 2.22 bits per heavy atom. The smallest absolute Gasteiger partial charge is 0.271 e. The largest absolute Gasteiger partial charge is 0.416 e. The van der Waals surface area contributed by atoms with Gasteiger partial charge in [0.1, 0.15) is 6.54 Å². The van der Waals surface area contributed by atoms with Gasteiger partial charge in [0.2, 0.25) is 0 Å². The summed E-state index contributed by atoms with van der Waals surface area (Å²) in [5.74, 6) is -0.845. The molecular weight excluding hydrogens is 515 g/mol. The molecule has 0 unspecified atom stereocenters. The Morgan fingerprint density at radius 1 is 1.00 bits per heavy atom. The van der Waals surface area contributed by atoms with Crippen LogP contribution in [0.25, 0.3) is 0 Å². The third kappa shape index (κ3) is 7.08. The van der Waals surface area contributed by atoms with E-state index in [1.165, 1.54) is 24.3 Å². The molecule has 0 saturated carbocycles. The fourth-order valence-electron chi connectivity index (χ4n) is 3.25. The normalized spacial score (nSPS) is 12.3. The van der Waals surface area contributed by atoms with Gasteiger partial charge in [-0.3, -0.25) is 9.10 Å². The fourth-order valence-corrected chi connectivity index (χ4v) is 4.97. The number of nitrogens with one attached hydrogen (secondary N) is 1. The van der Waals surface area contributed by atoms with Crippen molar-refractivity contribution in [2.75, 3.05) is 10.8 Å². The lowest BCUT2D eigenvalue weighted by Crippen LogP contribution is -2.40. The summed E-state index contributed by atoms with van der Waals surface area (Å²) in [5.41, 5.74) is 2.37. The molecule has 0 fully saturated rings. The van der Waals surface area contributed by atoms with E-state index >= 15 is 0 Å². The molecule has 11 heteroatoms. The number of benzene rings is 3. The standard InChI is InChI=1S/C25H23ClF3N3O3S/c1-18(12-13-19-8-4-2-5-9-19)30-31-24(33)17-32(36(34,35)21-10-6-3-7-11-21)23-16-20(25(27,28)29)14-15-22(23)26/h2-11,14-16H,12-13,17H2,1H3,(H,31,33)/b30-18+. The summed E-state index contributed by atoms with van der Waals surface area (Å²) < 4.78 is 67.3. The molecular formula is C25H23ClF3N3O3S. The minimum atomic E-state index is -4.75. The van der Waals surface area contributed by atoms with E-state index < -0.39 is 39.9 Å². The first kappa shape index (κ1) is 27.2. The molecule has 0 saturated heterocycles. The highest BCUT2D eigenvalue weighted by molar-refractivity contribution is 7.92. The highest BCUT2D eigenvalue weighted by Gasteiger charge is 2.34. The maximum absolute atomic E-state index is 13.3. The van der Waals surface area contributed by atoms with E-state index in [0.29, 0.717) is 28.9 Å². The van der Waals surface area contributed by atoms with Crippen LogP contribution in [0.5, 0.6) is 0 Å². The van der Waals surface area contributed by atoms with Gasteiger partial charge < -0.3 is 0 Å². The summed E-state index contributed by atoms with van der Waals surface area (Å²) in [4.78, 5) is 12.5. The molecule has 3 rings (SSSR count). The molecule has 1 N–H and O–H groups in total. The maximum Gasteiger partial charge on any atom is 0.416 e. The van der Waals surface area contributed by atoms with Gasteiger partial charge in [0.15, 0.2) is 0 Å². The summed E-state index contributed by atoms with van der Waals surface area (Å²) in [6, 6.07) is 18.9. The third-order valence-corrected chi connectivity index (χ3v) is 7.24. The van der Waals surface area contributed by atoms with E-state index in [4.69, 9.17) is 11.6 Å². The minimum Gasteiger partial charge on any atom is -0.271 e. The molecule has 36 heavy (non-hydrogen) atoms. The predicted octanol–water partition coefficient (Wildman–Crippen LogP) is 5.68. The average Bonchev–Trinajstić information content (AvgIpc) is 2.85. The second kappa shape index (κ2) is 11.6. The lowest BCUT2D eigenvalue weighted by Gasteiger charge is -2.25. The molecule has 0 bridgehead atoms. The lowest BCUT2D eigenvalue weighted by atomic mass is 10.1. The van der Waals surface area contributed by atoms with E-state index in [1.807, 2.05) is 30.3 Å². The number of rotatable bonds is 9. The molecule has 3 aromatic carbocycles. The van der Waals surface area contributed by atoms with E-state index in [0.717, 1.165) is 17.7 Å². The molecule has 0 aromatic heterocycles. The number of anilines is 1. The molecule has 0 aliphatic heterocycles. The van der Waals surface area contributed by atoms with Gasteiger partial charge in [0, 0.05) is 5.71 Å². The van der Waals surface area contributed by atoms with Gasteiger partial charge in [0.25, 0.3) is 15.9 Å². The first-order chi connectivity index (χ1) is 17.0. The van der Waals surface area contributed by atoms with Crippen LogP contribution in [0.4, 0.5) is 18.9 Å². The number of carbonyl (C=O) groups is 1. The number of hydrazone groups is 1. The van der Waals surface area contributed by atoms with E-state index in [-0.39, 0.29) is 9.92 Å². The van der Waals surface area contributed by atoms with Crippen molar-refractivity contribution in [3.8, 4) is 0 Å². The Kier molecular flexibility index (Phi) is 8.75. The van der Waals surface area contributed by atoms with Crippen molar-refractivity contribution in [3.63, 3.8) is 0 Å². The average molecular weight is 538 g/mol. The van der Waals surface area contributed by atoms with Crippen LogP contribution < -0.4 is 9.73 Å². The second-order valence-electron chi connectivity index (χ2n) is 7.86. The number of aryl methyl sites for hydroxylation is 1. The number of hydrogen-bond acceptors (Lipinski definition) is 4. The quantitative estimate of drug-likeness (QED) is 0.282. The first-order valence-corrected chi connectivity index (χ1v) is 12.6. The molecule has 3 aromatic rings. The van der Waals surface area contributed by atoms with E-state index in [9.17, 15) is 26.4 Å². The van der Waals surface area contributed by atoms with Gasteiger partial charge in [-0.15, -0.1) is 0 Å². The van der Waals surface area contributed by atoms with Crippen LogP contribution in [0.15, 0.2) is 88.9 Å². The molecule has 190 valence electrons. The highest BCUT2D eigenvalue weighted by Crippen LogP contribution is 2.37. The van der Waals surface area contributed by atoms with Crippen molar-refractivity contribution >= 4 is 38.9 Å². The minimum absolute atomic E-state index is 0.214. The molecule has 0 aliphatic rings. The number of hydrogen-bond donors (Lipinski definition) is 1. The SMILES string of the molecule is C/C(CCc1ccccc1)=N\NC(=O)CN(c1cc(C(F)(F)F)ccc1Cl)S(=O)(=O)c1ccccc1. The number of amides is 1. The van der Waals surface area contributed by atoms with Gasteiger partial charge in [-0.1, -0.05) is 60.1 Å². The Hall–Kier alpha value is -3.37. The summed E-state index contributed by atoms with van der Waals surface area (Å²) in [7, 11) is -4.45. The number of halogens is 4. The molecule has 1 amide bonds. The number of carbonyl (C=O) groups excluding carboxylic acids is 1. The summed E-state index contributed by atoms with van der Waals surface area (Å²) in [6.07, 6.45) is -3.53. The Bertz CT molecular complexity index is 1330. The lowest BCUT2D eigenvalue weighted by molar-refractivity contribution is -0.137. The summed E-state index contributed by atoms with van der Waals surface area (Å²) >= 11 is 6.11. The first-order valence-electron chi connectivity index (χ1n) is 10.8. The van der Waals surface area contributed by atoms with Crippen molar-refractivity contribution in [1.29, 1.82) is 0 Å². The van der Waals surface area contributed by atoms with Gasteiger partial charge >= 0.3 is 6.18 Å². The predicted molar refractivity (Wildman–Crippen MR) is 133 cm³/mol. The van der Waals surface area contributed by atoms with Gasteiger partial charge in [-0.25, -0.2) is 13.8 Å². The topological polar surface area (TPSA) is 78.8 Å². The number of alkyl halides is 3. The van der Waals surface area contributed by atoms with Crippen LogP contribution >= 0.6 is 11.6 Å². The van der Waals surface area contributed by atoms with Crippen molar-refractivity contribution in [3.05, 3.63) is 95.0 Å². The highest BCUT2D eigenvalue weighted by atomic mass is 35.5. The van der Waals surface area contributed by atoms with Crippen LogP contribution in [-0.2, 0) is 27.4 Å². The maximum atomic E-state index is 13.3. The summed E-state index contributed by atoms with van der Waals surface area (Å²) in [5, 5.41) is 3.74. The molecule has 0 heterocycles. The van der Waals surface area contributed by atoms with Crippen LogP contribution in [0.3, 0.4) is 0 Å². The van der Waals surface area contributed by atoms with Gasteiger partial charge in [-0.2, -0.15) is 18.3 Å². The van der Waals surface area contributed by atoms with Crippen molar-refractivity contribution in [1.82, 2.24) is 5.43 Å². The van der Waals surface area contributed by atoms with E-state index in [1.54, 1.807) is 13.0 Å². The van der Waals surface area contributed by atoms with Crippen LogP contribution in [0.2, 0.25) is 5.02 Å². The zero-order valence-electron chi connectivity index (χ0n) is 19.2. The molecule has 6 nitrogen and oxygen atoms in total. The van der Waals surface area contributed by atoms with Crippen molar-refractivity contribution < 1.29 is 26.4 Å². The van der Waals surface area contributed by atoms with Crippen LogP contribution in [0, 0.1) is 0 Å². The van der Waals surface area contributed by atoms with Crippen LogP contribution in [0.1, 0.15) is 24.5 Å². The zero-order valence-corrected chi connectivity index (χ0v) is 20.7. The van der Waals surface area contributed by atoms with E-state index in [2.05, 4.69) is 10.5 Å². The van der Waals surface area contributed by atoms with Crippen molar-refractivity contribution in [2.45, 2.75) is 30.8 Å². The fraction of sp³-hybridized carbons (Fsp3) is 0.200. The molecule has 0 spiro atoms. The van der Waals surface area contributed by atoms with Crippen LogP contribution in [-0.4, -0.2) is 26.6 Å². The monoisotopic (exact) mass is 537 g/mol. The molecule has 0 atom stereocenters. The zero-order chi connectivity index (χ0) is 26.3.